The zero-order chi connectivity index (χ0) is 17.5. The topological polar surface area (TPSA) is 80.3 Å². The number of aryl methyl sites for hydroxylation is 1. The number of nitrogens with one attached hydrogen (secondary N) is 2. The molecule has 2 N–H and O–H groups in total. The molecule has 1 unspecified atom stereocenters. The van der Waals surface area contributed by atoms with E-state index >= 15 is 0 Å². The van der Waals surface area contributed by atoms with E-state index in [0.29, 0.717) is 30.2 Å². The molecule has 0 bridgehead atoms. The molecule has 1 saturated heterocycles. The lowest BCUT2D eigenvalue weighted by atomic mass is 10.1. The smallest absolute Gasteiger partial charge is 0.270 e. The first kappa shape index (κ1) is 17.6. The quantitative estimate of drug-likeness (QED) is 0.796. The van der Waals surface area contributed by atoms with Gasteiger partial charge in [0.05, 0.1) is 6.10 Å². The van der Waals surface area contributed by atoms with E-state index in [1.807, 2.05) is 30.3 Å². The van der Waals surface area contributed by atoms with Crippen LogP contribution in [0.1, 0.15) is 35.3 Å². The van der Waals surface area contributed by atoms with Crippen LogP contribution in [0.25, 0.3) is 0 Å². The molecule has 1 atom stereocenters. The minimum atomic E-state index is -0.239. The zero-order valence-corrected chi connectivity index (χ0v) is 14.7. The van der Waals surface area contributed by atoms with Crippen molar-refractivity contribution < 1.29 is 14.3 Å². The van der Waals surface area contributed by atoms with Gasteiger partial charge in [-0.15, -0.1) is 11.3 Å². The highest BCUT2D eigenvalue weighted by atomic mass is 32.1. The van der Waals surface area contributed by atoms with Crippen LogP contribution < -0.4 is 10.6 Å². The van der Waals surface area contributed by atoms with Crippen molar-refractivity contribution in [1.29, 1.82) is 0 Å². The van der Waals surface area contributed by atoms with Crippen LogP contribution in [0, 0.1) is 0 Å². The molecule has 2 amide bonds. The van der Waals surface area contributed by atoms with E-state index in [9.17, 15) is 9.59 Å². The summed E-state index contributed by atoms with van der Waals surface area (Å²) in [4.78, 5) is 28.3. The maximum absolute atomic E-state index is 12.1. The summed E-state index contributed by atoms with van der Waals surface area (Å²) in [6.45, 7) is 1.26. The molecule has 0 aliphatic carbocycles. The Kier molecular flexibility index (Phi) is 6.14. The largest absolute Gasteiger partial charge is 0.376 e. The van der Waals surface area contributed by atoms with Gasteiger partial charge >= 0.3 is 0 Å². The molecule has 1 aliphatic heterocycles. The van der Waals surface area contributed by atoms with Crippen molar-refractivity contribution in [3.8, 4) is 0 Å². The predicted molar refractivity (Wildman–Crippen MR) is 96.8 cm³/mol. The Balaban J connectivity index is 1.44. The molecular weight excluding hydrogens is 338 g/mol. The van der Waals surface area contributed by atoms with Crippen LogP contribution in [-0.4, -0.2) is 36.1 Å². The van der Waals surface area contributed by atoms with Gasteiger partial charge in [0.1, 0.15) is 5.69 Å². The van der Waals surface area contributed by atoms with Crippen LogP contribution in [0.2, 0.25) is 0 Å². The second kappa shape index (κ2) is 8.73. The lowest BCUT2D eigenvalue weighted by Gasteiger charge is -2.09. The lowest BCUT2D eigenvalue weighted by Crippen LogP contribution is -2.31. The first-order chi connectivity index (χ1) is 12.2. The summed E-state index contributed by atoms with van der Waals surface area (Å²) in [5.41, 5.74) is 1.44. The van der Waals surface area contributed by atoms with Gasteiger partial charge in [0.15, 0.2) is 5.13 Å². The Morgan fingerprint density at radius 2 is 2.12 bits per heavy atom. The summed E-state index contributed by atoms with van der Waals surface area (Å²) in [7, 11) is 0. The Hall–Kier alpha value is -2.25. The van der Waals surface area contributed by atoms with E-state index in [1.54, 1.807) is 5.38 Å². The highest BCUT2D eigenvalue weighted by Gasteiger charge is 2.18. The first-order valence-electron chi connectivity index (χ1n) is 8.40. The van der Waals surface area contributed by atoms with Gasteiger partial charge in [-0.1, -0.05) is 30.3 Å². The van der Waals surface area contributed by atoms with Gasteiger partial charge in [0.25, 0.3) is 5.91 Å². The molecule has 6 nitrogen and oxygen atoms in total. The van der Waals surface area contributed by atoms with Crippen LogP contribution in [0.4, 0.5) is 5.13 Å². The van der Waals surface area contributed by atoms with Crippen LogP contribution in [0.15, 0.2) is 35.7 Å². The van der Waals surface area contributed by atoms with Crippen LogP contribution in [0.5, 0.6) is 0 Å². The number of hydrogen-bond donors (Lipinski definition) is 2. The average molecular weight is 359 g/mol. The van der Waals surface area contributed by atoms with Gasteiger partial charge in [-0.25, -0.2) is 4.98 Å². The Morgan fingerprint density at radius 1 is 1.28 bits per heavy atom. The molecule has 1 aliphatic rings. The molecule has 2 aromatic rings. The summed E-state index contributed by atoms with van der Waals surface area (Å²) >= 11 is 1.25. The van der Waals surface area contributed by atoms with E-state index < -0.39 is 0 Å². The summed E-state index contributed by atoms with van der Waals surface area (Å²) < 4.78 is 5.47. The second-order valence-electron chi connectivity index (χ2n) is 5.92. The Bertz CT molecular complexity index is 711. The standard InChI is InChI=1S/C18H21N3O3S/c22-16(9-8-13-5-2-1-3-6-13)21-18-20-15(12-25-18)17(23)19-11-14-7-4-10-24-14/h1-3,5-6,12,14H,4,7-11H2,(H,19,23)(H,20,21,22). The van der Waals surface area contributed by atoms with Crippen molar-refractivity contribution in [1.82, 2.24) is 10.3 Å². The van der Waals surface area contributed by atoms with Crippen molar-refractivity contribution >= 4 is 28.3 Å². The monoisotopic (exact) mass is 359 g/mol. The third kappa shape index (κ3) is 5.37. The number of benzene rings is 1. The Labute approximate surface area is 150 Å². The van der Waals surface area contributed by atoms with E-state index in [2.05, 4.69) is 15.6 Å². The van der Waals surface area contributed by atoms with Gasteiger partial charge < -0.3 is 15.4 Å². The number of amides is 2. The van der Waals surface area contributed by atoms with E-state index in [1.165, 1.54) is 11.3 Å². The maximum Gasteiger partial charge on any atom is 0.270 e. The fraction of sp³-hybridized carbons (Fsp3) is 0.389. The number of carbonyl (C=O) groups excluding carboxylic acids is 2. The maximum atomic E-state index is 12.1. The lowest BCUT2D eigenvalue weighted by molar-refractivity contribution is -0.116. The molecule has 0 spiro atoms. The minimum absolute atomic E-state index is 0.0970. The van der Waals surface area contributed by atoms with Crippen molar-refractivity contribution in [3.05, 3.63) is 47.0 Å². The number of hydrogen-bond acceptors (Lipinski definition) is 5. The SMILES string of the molecule is O=C(CCc1ccccc1)Nc1nc(C(=O)NCC2CCCO2)cs1. The molecule has 2 heterocycles. The summed E-state index contributed by atoms with van der Waals surface area (Å²) in [6, 6.07) is 9.84. The summed E-state index contributed by atoms with van der Waals surface area (Å²) in [5, 5.41) is 7.67. The van der Waals surface area contributed by atoms with Crippen molar-refractivity contribution in [2.75, 3.05) is 18.5 Å². The van der Waals surface area contributed by atoms with Gasteiger partial charge in [0, 0.05) is 25.0 Å². The Morgan fingerprint density at radius 3 is 2.88 bits per heavy atom. The molecule has 3 rings (SSSR count). The fourth-order valence-electron chi connectivity index (χ4n) is 2.62. The molecule has 25 heavy (non-hydrogen) atoms. The summed E-state index contributed by atoms with van der Waals surface area (Å²) in [5.74, 6) is -0.346. The third-order valence-electron chi connectivity index (χ3n) is 3.98. The highest BCUT2D eigenvalue weighted by Crippen LogP contribution is 2.16. The van der Waals surface area contributed by atoms with Gasteiger partial charge in [-0.05, 0) is 24.8 Å². The van der Waals surface area contributed by atoms with Gasteiger partial charge in [-0.3, -0.25) is 9.59 Å². The van der Waals surface area contributed by atoms with Crippen molar-refractivity contribution in [2.45, 2.75) is 31.8 Å². The van der Waals surface area contributed by atoms with Crippen molar-refractivity contribution in [2.24, 2.45) is 0 Å². The van der Waals surface area contributed by atoms with Crippen LogP contribution in [0.3, 0.4) is 0 Å². The molecular formula is C18H21N3O3S. The molecule has 1 aromatic heterocycles. The molecule has 0 saturated carbocycles. The number of anilines is 1. The van der Waals surface area contributed by atoms with E-state index in [4.69, 9.17) is 4.74 Å². The molecule has 0 radical (unpaired) electrons. The molecule has 1 aromatic carbocycles. The number of thiazole rings is 1. The zero-order valence-electron chi connectivity index (χ0n) is 13.9. The summed E-state index contributed by atoms with van der Waals surface area (Å²) in [6.07, 6.45) is 3.16. The van der Waals surface area contributed by atoms with E-state index in [-0.39, 0.29) is 17.9 Å². The van der Waals surface area contributed by atoms with E-state index in [0.717, 1.165) is 25.0 Å². The number of nitrogens with zero attached hydrogens (tertiary/aromatic N) is 1. The fourth-order valence-corrected chi connectivity index (χ4v) is 3.33. The predicted octanol–water partition coefficient (Wildman–Crippen LogP) is 2.62. The highest BCUT2D eigenvalue weighted by molar-refractivity contribution is 7.14. The number of rotatable bonds is 7. The van der Waals surface area contributed by atoms with Crippen LogP contribution >= 0.6 is 11.3 Å². The minimum Gasteiger partial charge on any atom is -0.376 e. The number of ether oxygens (including phenoxy) is 1. The van der Waals surface area contributed by atoms with Gasteiger partial charge in [0.2, 0.25) is 5.91 Å². The molecule has 132 valence electrons. The average Bonchev–Trinajstić information content (AvgIpc) is 3.31. The van der Waals surface area contributed by atoms with Crippen molar-refractivity contribution in [3.63, 3.8) is 0 Å². The normalized spacial score (nSPS) is 16.6. The molecule has 1 fully saturated rings. The third-order valence-corrected chi connectivity index (χ3v) is 4.74. The van der Waals surface area contributed by atoms with Crippen LogP contribution in [-0.2, 0) is 16.0 Å². The number of aromatic nitrogens is 1. The number of carbonyl (C=O) groups is 2. The molecule has 7 heteroatoms. The first-order valence-corrected chi connectivity index (χ1v) is 9.28. The van der Waals surface area contributed by atoms with Gasteiger partial charge in [-0.2, -0.15) is 0 Å². The second-order valence-corrected chi connectivity index (χ2v) is 6.77.